The minimum Gasteiger partial charge on any atom is -0.453 e. The molecule has 0 spiro atoms. The molecule has 0 fully saturated rings. The summed E-state index contributed by atoms with van der Waals surface area (Å²) in [6, 6.07) is 133. The average Bonchev–Trinajstić information content (AvgIpc) is 1.51. The molecule has 1 aliphatic rings. The fourth-order valence-corrected chi connectivity index (χ4v) is 16.0. The second-order valence-electron chi connectivity index (χ2n) is 25.3. The molecule has 97 heavy (non-hydrogen) atoms. The van der Waals surface area contributed by atoms with Gasteiger partial charge in [0.2, 0.25) is 0 Å². The summed E-state index contributed by atoms with van der Waals surface area (Å²) in [5, 5.41) is 8.69. The fraction of sp³-hybridized carbons (Fsp3) is 0.0108. The van der Waals surface area contributed by atoms with Crippen LogP contribution >= 0.6 is 0 Å². The van der Waals surface area contributed by atoms with E-state index in [0.29, 0.717) is 0 Å². The first-order valence-electron chi connectivity index (χ1n) is 33.3. The molecule has 0 saturated carbocycles. The molecule has 0 bridgehead atoms. The molecule has 2 aromatic heterocycles. The quantitative estimate of drug-likeness (QED) is 0.122. The van der Waals surface area contributed by atoms with E-state index in [-0.39, 0.29) is 0 Å². The van der Waals surface area contributed by atoms with E-state index in [1.165, 1.54) is 22.3 Å². The molecular weight excluding hydrogens is 1180 g/mol. The Morgan fingerprint density at radius 2 is 0.464 bits per heavy atom. The van der Waals surface area contributed by atoms with Gasteiger partial charge in [0.1, 0.15) is 11.2 Å². The van der Waals surface area contributed by atoms with E-state index < -0.39 is 5.41 Å². The van der Waals surface area contributed by atoms with E-state index in [2.05, 4.69) is 374 Å². The Morgan fingerprint density at radius 1 is 0.196 bits per heavy atom. The van der Waals surface area contributed by atoms with Crippen molar-refractivity contribution in [1.29, 1.82) is 0 Å². The Kier molecular flexibility index (Phi) is 13.1. The lowest BCUT2D eigenvalue weighted by Gasteiger charge is -2.36. The Hall–Kier alpha value is -12.8. The fourth-order valence-electron chi connectivity index (χ4n) is 16.0. The Labute approximate surface area is 562 Å². The van der Waals surface area contributed by atoms with Crippen LogP contribution in [0.1, 0.15) is 22.3 Å². The molecule has 4 heteroatoms. The second kappa shape index (κ2) is 22.8. The van der Waals surface area contributed by atoms with E-state index in [1.807, 2.05) is 0 Å². The summed E-state index contributed by atoms with van der Waals surface area (Å²) in [6.07, 6.45) is 0. The maximum Gasteiger partial charge on any atom is 0.159 e. The summed E-state index contributed by atoms with van der Waals surface area (Å²) in [7, 11) is 0. The van der Waals surface area contributed by atoms with Crippen molar-refractivity contribution in [1.82, 2.24) is 0 Å². The van der Waals surface area contributed by atoms with Crippen molar-refractivity contribution in [2.24, 2.45) is 0 Å². The summed E-state index contributed by atoms with van der Waals surface area (Å²) in [6.45, 7) is 0. The summed E-state index contributed by atoms with van der Waals surface area (Å²) < 4.78 is 15.0. The third-order valence-electron chi connectivity index (χ3n) is 20.1. The third-order valence-corrected chi connectivity index (χ3v) is 20.1. The van der Waals surface area contributed by atoms with Crippen molar-refractivity contribution >= 4 is 99.5 Å². The van der Waals surface area contributed by atoms with Crippen LogP contribution in [0.25, 0.3) is 121 Å². The van der Waals surface area contributed by atoms with Gasteiger partial charge in [0.25, 0.3) is 0 Å². The highest BCUT2D eigenvalue weighted by Gasteiger charge is 2.49. The number of para-hydroxylation sites is 6. The largest absolute Gasteiger partial charge is 0.453 e. The summed E-state index contributed by atoms with van der Waals surface area (Å²) in [5.41, 5.74) is 24.1. The molecule has 0 amide bonds. The Bertz CT molecular complexity index is 5690. The topological polar surface area (TPSA) is 32.8 Å². The van der Waals surface area contributed by atoms with Crippen molar-refractivity contribution in [3.63, 3.8) is 0 Å². The van der Waals surface area contributed by atoms with E-state index in [9.17, 15) is 0 Å². The SMILES string of the molecule is c1ccc(-c2ccccc2N(c2cc3c(c4ccccc24)-c2c(cc(N(c4ccccc4-c4ccccc4)c4cccc5c4oc4c(-c6ccccc6)cccc45)c4ccccc24)C3(c2ccccc2)c2ccccc2)c2cccc3c2oc2c(-c4ccccc4)cccc23)cc1. The first-order valence-corrected chi connectivity index (χ1v) is 33.3. The van der Waals surface area contributed by atoms with Gasteiger partial charge in [-0.1, -0.05) is 328 Å². The zero-order valence-electron chi connectivity index (χ0n) is 52.9. The average molecular weight is 1240 g/mol. The predicted octanol–water partition coefficient (Wildman–Crippen LogP) is 25.8. The van der Waals surface area contributed by atoms with Gasteiger partial charge in [-0.3, -0.25) is 0 Å². The molecule has 4 nitrogen and oxygen atoms in total. The summed E-state index contributed by atoms with van der Waals surface area (Å²) in [4.78, 5) is 5.01. The zero-order chi connectivity index (χ0) is 64.0. The van der Waals surface area contributed by atoms with Crippen molar-refractivity contribution in [2.45, 2.75) is 5.41 Å². The highest BCUT2D eigenvalue weighted by molar-refractivity contribution is 6.22. The predicted molar refractivity (Wildman–Crippen MR) is 404 cm³/mol. The number of hydrogen-bond acceptors (Lipinski definition) is 4. The Morgan fingerprint density at radius 3 is 0.845 bits per heavy atom. The zero-order valence-corrected chi connectivity index (χ0v) is 52.9. The molecule has 0 aliphatic heterocycles. The molecule has 19 rings (SSSR count). The van der Waals surface area contributed by atoms with E-state index in [1.54, 1.807) is 0 Å². The van der Waals surface area contributed by atoms with Crippen LogP contribution < -0.4 is 9.80 Å². The highest BCUT2D eigenvalue weighted by atomic mass is 16.3. The summed E-state index contributed by atoms with van der Waals surface area (Å²) >= 11 is 0. The van der Waals surface area contributed by atoms with Crippen LogP contribution in [0.15, 0.2) is 373 Å². The number of rotatable bonds is 12. The summed E-state index contributed by atoms with van der Waals surface area (Å²) in [5.74, 6) is 0. The van der Waals surface area contributed by atoms with Crippen LogP contribution in [-0.4, -0.2) is 0 Å². The van der Waals surface area contributed by atoms with Gasteiger partial charge in [-0.05, 0) is 103 Å². The lowest BCUT2D eigenvalue weighted by molar-refractivity contribution is 0.670. The van der Waals surface area contributed by atoms with Crippen molar-refractivity contribution < 1.29 is 8.83 Å². The minimum absolute atomic E-state index is 0.802. The lowest BCUT2D eigenvalue weighted by Crippen LogP contribution is -2.29. The van der Waals surface area contributed by atoms with E-state index in [4.69, 9.17) is 8.83 Å². The van der Waals surface area contributed by atoms with E-state index >= 15 is 0 Å². The second-order valence-corrected chi connectivity index (χ2v) is 25.3. The molecule has 0 saturated heterocycles. The number of anilines is 6. The van der Waals surface area contributed by atoms with Crippen LogP contribution in [0.4, 0.5) is 34.1 Å². The molecule has 18 aromatic rings. The highest BCUT2D eigenvalue weighted by Crippen LogP contribution is 2.64. The molecule has 0 N–H and O–H groups in total. The monoisotopic (exact) mass is 1240 g/mol. The maximum absolute atomic E-state index is 7.48. The number of hydrogen-bond donors (Lipinski definition) is 0. The van der Waals surface area contributed by atoms with Crippen LogP contribution in [0, 0.1) is 0 Å². The number of benzene rings is 16. The molecule has 2 heterocycles. The number of fused-ring (bicyclic) bond motifs is 13. The molecule has 0 unspecified atom stereocenters. The first-order chi connectivity index (χ1) is 48.2. The number of furan rings is 2. The van der Waals surface area contributed by atoms with Crippen molar-refractivity contribution in [2.75, 3.05) is 9.80 Å². The molecule has 0 radical (unpaired) electrons. The van der Waals surface area contributed by atoms with Gasteiger partial charge in [-0.2, -0.15) is 0 Å². The van der Waals surface area contributed by atoms with Crippen LogP contribution in [-0.2, 0) is 5.41 Å². The molecular formula is C93H60N2O2. The van der Waals surface area contributed by atoms with Crippen LogP contribution in [0.3, 0.4) is 0 Å². The number of nitrogens with zero attached hydrogens (tertiary/aromatic N) is 2. The van der Waals surface area contributed by atoms with Gasteiger partial charge in [0.15, 0.2) is 11.2 Å². The lowest BCUT2D eigenvalue weighted by atomic mass is 9.67. The molecule has 16 aromatic carbocycles. The van der Waals surface area contributed by atoms with Crippen LogP contribution in [0.2, 0.25) is 0 Å². The van der Waals surface area contributed by atoms with Crippen molar-refractivity contribution in [3.8, 4) is 55.6 Å². The standard InChI is InChI=1S/C93H60N2O2/c1-7-31-61(32-8-1)67-43-23-25-55-81(67)94(83-57-29-53-77-75-51-27-49-69(89(75)96-91(77)83)63-35-11-3-12-36-63)85-59-79-87(73-47-21-19-45-71(73)85)88-74-48-22-20-46-72(74)86(60-80(88)93(79,65-39-15-5-16-40-65)66-41-17-6-18-42-66)95(82-56-26-24-44-68(82)62-33-9-2-10-34-62)84-58-30-54-78-76-52-28-50-70(90(76)97-92(78)84)64-37-13-4-14-38-64/h1-60H. The van der Waals surface area contributed by atoms with Crippen molar-refractivity contribution in [3.05, 3.63) is 386 Å². The van der Waals surface area contributed by atoms with E-state index in [0.717, 1.165) is 155 Å². The van der Waals surface area contributed by atoms with Gasteiger partial charge >= 0.3 is 0 Å². The minimum atomic E-state index is -0.925. The van der Waals surface area contributed by atoms with Gasteiger partial charge in [-0.15, -0.1) is 0 Å². The van der Waals surface area contributed by atoms with Gasteiger partial charge in [0, 0.05) is 54.6 Å². The molecule has 1 aliphatic carbocycles. The molecule has 454 valence electrons. The third kappa shape index (κ3) is 8.70. The Balaban J connectivity index is 0.948. The van der Waals surface area contributed by atoms with Gasteiger partial charge in [-0.25, -0.2) is 0 Å². The van der Waals surface area contributed by atoms with Gasteiger partial charge < -0.3 is 18.6 Å². The first kappa shape index (κ1) is 55.8. The molecule has 0 atom stereocenters. The normalized spacial score (nSPS) is 12.4. The maximum atomic E-state index is 7.48. The smallest absolute Gasteiger partial charge is 0.159 e. The van der Waals surface area contributed by atoms with Gasteiger partial charge in [0.05, 0.1) is 39.5 Å². The van der Waals surface area contributed by atoms with Crippen LogP contribution in [0.5, 0.6) is 0 Å².